The Morgan fingerprint density at radius 2 is 1.86 bits per heavy atom. The SMILES string of the molecule is CCCCCc1nc(C)c2c(=O)[nH]c(-c3cc(S(=O)(=O)Nc4ccccc4)ccc3OCC)nn12. The van der Waals surface area contributed by atoms with Gasteiger partial charge in [-0.3, -0.25) is 9.52 Å². The molecule has 0 atom stereocenters. The van der Waals surface area contributed by atoms with Crippen LogP contribution in [0.5, 0.6) is 5.75 Å². The van der Waals surface area contributed by atoms with E-state index in [1.54, 1.807) is 47.8 Å². The molecule has 0 aliphatic rings. The van der Waals surface area contributed by atoms with E-state index in [-0.39, 0.29) is 16.3 Å². The van der Waals surface area contributed by atoms with Gasteiger partial charge in [0.2, 0.25) is 0 Å². The first-order valence-corrected chi connectivity index (χ1v) is 13.2. The molecule has 0 saturated heterocycles. The summed E-state index contributed by atoms with van der Waals surface area (Å²) >= 11 is 0. The molecule has 0 aliphatic heterocycles. The van der Waals surface area contributed by atoms with E-state index in [2.05, 4.69) is 26.7 Å². The van der Waals surface area contributed by atoms with Crippen molar-refractivity contribution in [1.29, 1.82) is 0 Å². The van der Waals surface area contributed by atoms with Crippen LogP contribution < -0.4 is 15.0 Å². The molecule has 0 bridgehead atoms. The Morgan fingerprint density at radius 3 is 2.57 bits per heavy atom. The van der Waals surface area contributed by atoms with E-state index in [0.29, 0.717) is 47.1 Å². The molecule has 2 aromatic heterocycles. The lowest BCUT2D eigenvalue weighted by atomic mass is 10.2. The summed E-state index contributed by atoms with van der Waals surface area (Å²) in [6, 6.07) is 13.1. The van der Waals surface area contributed by atoms with Crippen molar-refractivity contribution in [2.75, 3.05) is 11.3 Å². The van der Waals surface area contributed by atoms with E-state index >= 15 is 0 Å². The van der Waals surface area contributed by atoms with Crippen LogP contribution in [-0.4, -0.2) is 34.6 Å². The van der Waals surface area contributed by atoms with Crippen LogP contribution in [0.1, 0.15) is 44.6 Å². The molecule has 0 amide bonds. The summed E-state index contributed by atoms with van der Waals surface area (Å²) < 4.78 is 36.0. The number of benzene rings is 2. The van der Waals surface area contributed by atoms with Crippen LogP contribution in [0.15, 0.2) is 58.2 Å². The number of unbranched alkanes of at least 4 members (excludes halogenated alkanes) is 2. The van der Waals surface area contributed by atoms with Gasteiger partial charge in [0.25, 0.3) is 15.6 Å². The van der Waals surface area contributed by atoms with E-state index in [4.69, 9.17) is 4.74 Å². The van der Waals surface area contributed by atoms with Crippen molar-refractivity contribution in [3.8, 4) is 17.1 Å². The predicted molar refractivity (Wildman–Crippen MR) is 135 cm³/mol. The number of hydrogen-bond acceptors (Lipinski definition) is 6. The van der Waals surface area contributed by atoms with Crippen molar-refractivity contribution in [3.05, 3.63) is 70.4 Å². The van der Waals surface area contributed by atoms with Crippen LogP contribution >= 0.6 is 0 Å². The van der Waals surface area contributed by atoms with Gasteiger partial charge in [-0.25, -0.2) is 17.9 Å². The molecule has 0 radical (unpaired) electrons. The summed E-state index contributed by atoms with van der Waals surface area (Å²) in [5.41, 5.74) is 1.45. The van der Waals surface area contributed by atoms with Crippen LogP contribution in [0.2, 0.25) is 0 Å². The highest BCUT2D eigenvalue weighted by molar-refractivity contribution is 7.92. The first-order chi connectivity index (χ1) is 16.8. The third-order valence-corrected chi connectivity index (χ3v) is 6.97. The highest BCUT2D eigenvalue weighted by atomic mass is 32.2. The lowest BCUT2D eigenvalue weighted by molar-refractivity contribution is 0.341. The molecule has 4 rings (SSSR count). The number of nitrogens with one attached hydrogen (secondary N) is 2. The van der Waals surface area contributed by atoms with Crippen molar-refractivity contribution < 1.29 is 13.2 Å². The number of ether oxygens (including phenoxy) is 1. The Bertz CT molecular complexity index is 1490. The minimum absolute atomic E-state index is 0.0209. The number of aryl methyl sites for hydroxylation is 2. The summed E-state index contributed by atoms with van der Waals surface area (Å²) in [7, 11) is -3.89. The zero-order valence-corrected chi connectivity index (χ0v) is 20.9. The molecule has 0 unspecified atom stereocenters. The molecule has 35 heavy (non-hydrogen) atoms. The summed E-state index contributed by atoms with van der Waals surface area (Å²) in [4.78, 5) is 20.4. The first kappa shape index (κ1) is 24.5. The van der Waals surface area contributed by atoms with E-state index in [1.807, 2.05) is 6.92 Å². The summed E-state index contributed by atoms with van der Waals surface area (Å²) in [6.07, 6.45) is 3.73. The number of fused-ring (bicyclic) bond motifs is 1. The van der Waals surface area contributed by atoms with Gasteiger partial charge in [-0.2, -0.15) is 0 Å². The minimum atomic E-state index is -3.89. The highest BCUT2D eigenvalue weighted by Gasteiger charge is 2.21. The second kappa shape index (κ2) is 10.3. The Labute approximate surface area is 204 Å². The van der Waals surface area contributed by atoms with Gasteiger partial charge in [-0.05, 0) is 50.6 Å². The molecule has 0 saturated carbocycles. The van der Waals surface area contributed by atoms with E-state index in [9.17, 15) is 13.2 Å². The number of aromatic amines is 1. The highest BCUT2D eigenvalue weighted by Crippen LogP contribution is 2.31. The molecule has 2 N–H and O–H groups in total. The zero-order chi connectivity index (χ0) is 25.0. The molecule has 0 spiro atoms. The topological polar surface area (TPSA) is 118 Å². The van der Waals surface area contributed by atoms with Crippen LogP contribution in [0, 0.1) is 6.92 Å². The van der Waals surface area contributed by atoms with Gasteiger partial charge in [0.05, 0.1) is 22.8 Å². The van der Waals surface area contributed by atoms with Crippen molar-refractivity contribution in [1.82, 2.24) is 19.6 Å². The maximum absolute atomic E-state index is 13.1. The minimum Gasteiger partial charge on any atom is -0.493 e. The lowest BCUT2D eigenvalue weighted by Crippen LogP contribution is -2.17. The second-order valence-electron chi connectivity index (χ2n) is 8.20. The largest absolute Gasteiger partial charge is 0.493 e. The third kappa shape index (κ3) is 5.22. The molecule has 0 aliphatic carbocycles. The van der Waals surface area contributed by atoms with Gasteiger partial charge in [-0.15, -0.1) is 5.10 Å². The summed E-state index contributed by atoms with van der Waals surface area (Å²) in [5.74, 6) is 1.32. The zero-order valence-electron chi connectivity index (χ0n) is 20.0. The van der Waals surface area contributed by atoms with E-state index < -0.39 is 10.0 Å². The van der Waals surface area contributed by atoms with Crippen LogP contribution in [0.4, 0.5) is 5.69 Å². The van der Waals surface area contributed by atoms with Gasteiger partial charge < -0.3 is 9.72 Å². The van der Waals surface area contributed by atoms with Gasteiger partial charge in [0.1, 0.15) is 11.6 Å². The molecule has 2 heterocycles. The fraction of sp³-hybridized carbons (Fsp3) is 0.320. The van der Waals surface area contributed by atoms with Crippen molar-refractivity contribution in [2.24, 2.45) is 0 Å². The average Bonchev–Trinajstić information content (AvgIpc) is 3.15. The number of rotatable bonds is 10. The Balaban J connectivity index is 1.82. The van der Waals surface area contributed by atoms with Gasteiger partial charge >= 0.3 is 0 Å². The van der Waals surface area contributed by atoms with Gasteiger partial charge in [-0.1, -0.05) is 38.0 Å². The van der Waals surface area contributed by atoms with Gasteiger partial charge in [0, 0.05) is 12.1 Å². The summed E-state index contributed by atoms with van der Waals surface area (Å²) in [5, 5.41) is 4.66. The molecule has 10 heteroatoms. The van der Waals surface area contributed by atoms with Crippen LogP contribution in [-0.2, 0) is 16.4 Å². The predicted octanol–water partition coefficient (Wildman–Crippen LogP) is 4.33. The number of anilines is 1. The number of imidazole rings is 1. The monoisotopic (exact) mass is 495 g/mol. The van der Waals surface area contributed by atoms with Crippen LogP contribution in [0.25, 0.3) is 16.9 Å². The number of sulfonamides is 1. The average molecular weight is 496 g/mol. The van der Waals surface area contributed by atoms with E-state index in [0.717, 1.165) is 19.3 Å². The van der Waals surface area contributed by atoms with Crippen LogP contribution in [0.3, 0.4) is 0 Å². The van der Waals surface area contributed by atoms with Crippen molar-refractivity contribution >= 4 is 21.2 Å². The van der Waals surface area contributed by atoms with Gasteiger partial charge in [0.15, 0.2) is 11.3 Å². The fourth-order valence-corrected chi connectivity index (χ4v) is 5.00. The second-order valence-corrected chi connectivity index (χ2v) is 9.88. The number of nitrogens with zero attached hydrogens (tertiary/aromatic N) is 3. The van der Waals surface area contributed by atoms with E-state index in [1.165, 1.54) is 12.1 Å². The fourth-order valence-electron chi connectivity index (χ4n) is 3.92. The molecular weight excluding hydrogens is 466 g/mol. The number of aromatic nitrogens is 4. The standard InChI is InChI=1S/C25H29N5O4S/c1-4-6-8-13-22-26-17(3)23-25(31)27-24(28-30(22)23)20-16-19(14-15-21(20)34-5-2)35(32,33)29-18-11-9-7-10-12-18/h7,9-12,14-16,29H,4-6,8,13H2,1-3H3,(H,27,28,31). The normalized spacial score (nSPS) is 11.6. The maximum atomic E-state index is 13.1. The Hall–Kier alpha value is -3.66. The van der Waals surface area contributed by atoms with Crippen molar-refractivity contribution in [3.63, 3.8) is 0 Å². The third-order valence-electron chi connectivity index (χ3n) is 5.59. The molecule has 4 aromatic rings. The molecule has 2 aromatic carbocycles. The molecule has 9 nitrogen and oxygen atoms in total. The Morgan fingerprint density at radius 1 is 1.09 bits per heavy atom. The lowest BCUT2D eigenvalue weighted by Gasteiger charge is -2.13. The number of hydrogen-bond donors (Lipinski definition) is 2. The molecule has 0 fully saturated rings. The maximum Gasteiger partial charge on any atom is 0.277 e. The first-order valence-electron chi connectivity index (χ1n) is 11.7. The number of H-pyrrole nitrogens is 1. The molecular formula is C25H29N5O4S. The smallest absolute Gasteiger partial charge is 0.277 e. The number of para-hydroxylation sites is 1. The quantitative estimate of drug-likeness (QED) is 0.316. The Kier molecular flexibility index (Phi) is 7.20. The molecule has 184 valence electrons. The van der Waals surface area contributed by atoms with Crippen molar-refractivity contribution in [2.45, 2.75) is 51.3 Å². The summed E-state index contributed by atoms with van der Waals surface area (Å²) in [6.45, 7) is 6.10.